The molecule has 1 aliphatic rings. The fraction of sp³-hybridized carbons (Fsp3) is 0.455. The number of ether oxygens (including phenoxy) is 2. The molecule has 0 aliphatic carbocycles. The van der Waals surface area contributed by atoms with Crippen molar-refractivity contribution < 1.29 is 13.7 Å². The van der Waals surface area contributed by atoms with Crippen molar-refractivity contribution in [2.45, 2.75) is 56.3 Å². The highest BCUT2D eigenvalue weighted by Crippen LogP contribution is 2.23. The van der Waals surface area contributed by atoms with Crippen molar-refractivity contribution in [3.05, 3.63) is 65.7 Å². The van der Waals surface area contributed by atoms with Crippen molar-refractivity contribution in [2.24, 2.45) is 0 Å². The minimum Gasteiger partial charge on any atom is -0.377 e. The molecule has 0 N–H and O–H groups in total. The van der Waals surface area contributed by atoms with E-state index in [-0.39, 0.29) is 12.2 Å². The van der Waals surface area contributed by atoms with E-state index in [9.17, 15) is 4.21 Å². The van der Waals surface area contributed by atoms with Gasteiger partial charge in [0.2, 0.25) is 0 Å². The first-order valence-electron chi connectivity index (χ1n) is 9.43. The number of benzene rings is 2. The Hall–Kier alpha value is -1.49. The molecule has 1 saturated heterocycles. The maximum absolute atomic E-state index is 12.6. The Morgan fingerprint density at radius 2 is 1.77 bits per heavy atom. The maximum atomic E-state index is 12.6. The topological polar surface area (TPSA) is 35.5 Å². The van der Waals surface area contributed by atoms with Gasteiger partial charge in [-0.2, -0.15) is 0 Å². The summed E-state index contributed by atoms with van der Waals surface area (Å²) in [4.78, 5) is 0.896. The zero-order valence-electron chi connectivity index (χ0n) is 15.4. The molecule has 0 bridgehead atoms. The average molecular weight is 373 g/mol. The van der Waals surface area contributed by atoms with Gasteiger partial charge in [0.15, 0.2) is 0 Å². The third kappa shape index (κ3) is 6.04. The van der Waals surface area contributed by atoms with E-state index in [2.05, 4.69) is 12.1 Å². The molecule has 26 heavy (non-hydrogen) atoms. The molecule has 0 saturated carbocycles. The van der Waals surface area contributed by atoms with Crippen LogP contribution in [-0.2, 0) is 26.9 Å². The standard InChI is InChI=1S/C22H28O3S/c1-18-10-12-22(13-11-18)26(23)17-21-9-5-8-20(25-21)14-15-24-16-19-6-3-2-4-7-19/h2-4,6-7,10-13,20-21H,5,8-9,14-17H2,1H3/t20-,21+,26-/m1/s1. The van der Waals surface area contributed by atoms with Gasteiger partial charge < -0.3 is 9.47 Å². The van der Waals surface area contributed by atoms with E-state index in [1.165, 1.54) is 11.1 Å². The molecule has 1 aliphatic heterocycles. The molecule has 4 heteroatoms. The van der Waals surface area contributed by atoms with Crippen molar-refractivity contribution in [1.29, 1.82) is 0 Å². The van der Waals surface area contributed by atoms with Crippen LogP contribution in [0.25, 0.3) is 0 Å². The van der Waals surface area contributed by atoms with Gasteiger partial charge in [-0.1, -0.05) is 48.0 Å². The minimum atomic E-state index is -0.993. The normalized spacial score (nSPS) is 21.4. The van der Waals surface area contributed by atoms with Crippen LogP contribution in [0.15, 0.2) is 59.5 Å². The molecule has 0 spiro atoms. The fourth-order valence-corrected chi connectivity index (χ4v) is 4.47. The summed E-state index contributed by atoms with van der Waals surface area (Å²) in [6.07, 6.45) is 4.42. The summed E-state index contributed by atoms with van der Waals surface area (Å²) >= 11 is 0. The van der Waals surface area contributed by atoms with Crippen molar-refractivity contribution in [1.82, 2.24) is 0 Å². The Bertz CT molecular complexity index is 684. The summed E-state index contributed by atoms with van der Waals surface area (Å²) in [6, 6.07) is 18.2. The molecule has 2 aromatic carbocycles. The molecular formula is C22H28O3S. The molecule has 3 atom stereocenters. The molecule has 1 heterocycles. The van der Waals surface area contributed by atoms with E-state index >= 15 is 0 Å². The third-order valence-electron chi connectivity index (χ3n) is 4.75. The lowest BCUT2D eigenvalue weighted by atomic mass is 10.0. The second-order valence-corrected chi connectivity index (χ2v) is 8.46. The van der Waals surface area contributed by atoms with Crippen molar-refractivity contribution in [3.63, 3.8) is 0 Å². The van der Waals surface area contributed by atoms with Gasteiger partial charge in [-0.3, -0.25) is 4.21 Å². The number of rotatable bonds is 8. The highest BCUT2D eigenvalue weighted by molar-refractivity contribution is 7.85. The van der Waals surface area contributed by atoms with Gasteiger partial charge in [0.25, 0.3) is 0 Å². The van der Waals surface area contributed by atoms with Crippen LogP contribution >= 0.6 is 0 Å². The fourth-order valence-electron chi connectivity index (χ4n) is 3.25. The maximum Gasteiger partial charge on any atom is 0.0716 e. The van der Waals surface area contributed by atoms with E-state index in [0.717, 1.165) is 30.6 Å². The predicted octanol–water partition coefficient (Wildman–Crippen LogP) is 4.65. The smallest absolute Gasteiger partial charge is 0.0716 e. The molecule has 3 rings (SSSR count). The predicted molar refractivity (Wildman–Crippen MR) is 106 cm³/mol. The zero-order valence-corrected chi connectivity index (χ0v) is 16.3. The van der Waals surface area contributed by atoms with Crippen LogP contribution in [0.2, 0.25) is 0 Å². The molecule has 2 aromatic rings. The number of hydrogen-bond donors (Lipinski definition) is 0. The molecule has 1 fully saturated rings. The van der Waals surface area contributed by atoms with Crippen molar-refractivity contribution >= 4 is 10.8 Å². The van der Waals surface area contributed by atoms with Gasteiger partial charge in [0.1, 0.15) is 0 Å². The van der Waals surface area contributed by atoms with Crippen LogP contribution in [0.1, 0.15) is 36.8 Å². The Kier molecular flexibility index (Phi) is 7.42. The molecule has 0 unspecified atom stereocenters. The van der Waals surface area contributed by atoms with Gasteiger partial charge in [-0.15, -0.1) is 0 Å². The number of aryl methyl sites for hydroxylation is 1. The van der Waals surface area contributed by atoms with Crippen LogP contribution in [-0.4, -0.2) is 28.8 Å². The van der Waals surface area contributed by atoms with E-state index in [1.807, 2.05) is 49.4 Å². The summed E-state index contributed by atoms with van der Waals surface area (Å²) < 4.78 is 24.5. The minimum absolute atomic E-state index is 0.0880. The Morgan fingerprint density at radius 1 is 1.04 bits per heavy atom. The Morgan fingerprint density at radius 3 is 2.54 bits per heavy atom. The lowest BCUT2D eigenvalue weighted by molar-refractivity contribution is -0.0533. The Labute approximate surface area is 159 Å². The summed E-state index contributed by atoms with van der Waals surface area (Å²) in [7, 11) is -0.993. The Balaban J connectivity index is 1.39. The first kappa shape index (κ1) is 19.3. The summed E-state index contributed by atoms with van der Waals surface area (Å²) in [5.74, 6) is 0.588. The van der Waals surface area contributed by atoms with E-state index in [1.54, 1.807) is 0 Å². The van der Waals surface area contributed by atoms with Gasteiger partial charge in [-0.05, 0) is 50.3 Å². The van der Waals surface area contributed by atoms with E-state index < -0.39 is 10.8 Å². The second kappa shape index (κ2) is 10.0. The second-order valence-electron chi connectivity index (χ2n) is 6.96. The van der Waals surface area contributed by atoms with Crippen LogP contribution in [0, 0.1) is 6.92 Å². The zero-order chi connectivity index (χ0) is 18.2. The van der Waals surface area contributed by atoms with Crippen molar-refractivity contribution in [2.75, 3.05) is 12.4 Å². The lowest BCUT2D eigenvalue weighted by Gasteiger charge is -2.30. The van der Waals surface area contributed by atoms with Gasteiger partial charge in [-0.25, -0.2) is 0 Å². The van der Waals surface area contributed by atoms with E-state index in [0.29, 0.717) is 19.0 Å². The lowest BCUT2D eigenvalue weighted by Crippen LogP contribution is -2.32. The summed E-state index contributed by atoms with van der Waals surface area (Å²) in [6.45, 7) is 3.39. The SMILES string of the molecule is Cc1ccc([S@](=O)C[C@@H]2CCC[C@H](CCOCc3ccccc3)O2)cc1. The quantitative estimate of drug-likeness (QED) is 0.633. The van der Waals surface area contributed by atoms with Gasteiger partial charge in [0.05, 0.1) is 35.4 Å². The highest BCUT2D eigenvalue weighted by Gasteiger charge is 2.24. The largest absolute Gasteiger partial charge is 0.377 e. The molecule has 0 aromatic heterocycles. The van der Waals surface area contributed by atoms with Gasteiger partial charge in [0, 0.05) is 11.5 Å². The first-order valence-corrected chi connectivity index (χ1v) is 10.7. The first-order chi connectivity index (χ1) is 12.7. The van der Waals surface area contributed by atoms with Crippen LogP contribution in [0.3, 0.4) is 0 Å². The molecule has 0 amide bonds. The van der Waals surface area contributed by atoms with Crippen LogP contribution in [0.4, 0.5) is 0 Å². The third-order valence-corrected chi connectivity index (χ3v) is 6.23. The molecule has 3 nitrogen and oxygen atoms in total. The summed E-state index contributed by atoms with van der Waals surface area (Å²) in [5, 5.41) is 0. The summed E-state index contributed by atoms with van der Waals surface area (Å²) in [5.41, 5.74) is 2.39. The molecule has 0 radical (unpaired) electrons. The van der Waals surface area contributed by atoms with Crippen LogP contribution < -0.4 is 0 Å². The monoisotopic (exact) mass is 372 g/mol. The van der Waals surface area contributed by atoms with Crippen molar-refractivity contribution in [3.8, 4) is 0 Å². The molecular weight excluding hydrogens is 344 g/mol. The number of hydrogen-bond acceptors (Lipinski definition) is 3. The van der Waals surface area contributed by atoms with E-state index in [4.69, 9.17) is 9.47 Å². The average Bonchev–Trinajstić information content (AvgIpc) is 2.67. The van der Waals surface area contributed by atoms with Gasteiger partial charge >= 0.3 is 0 Å². The highest BCUT2D eigenvalue weighted by atomic mass is 32.2. The molecule has 140 valence electrons. The van der Waals surface area contributed by atoms with Crippen LogP contribution in [0.5, 0.6) is 0 Å².